The first kappa shape index (κ1) is 18.2. The maximum absolute atomic E-state index is 15.2. The van der Waals surface area contributed by atoms with Crippen molar-refractivity contribution < 1.29 is 9.18 Å². The van der Waals surface area contributed by atoms with Gasteiger partial charge in [0.15, 0.2) is 0 Å². The smallest absolute Gasteiger partial charge is 0.246 e. The highest BCUT2D eigenvalue weighted by atomic mass is 19.1. The Kier molecular flexibility index (Phi) is 4.39. The van der Waals surface area contributed by atoms with E-state index in [4.69, 9.17) is 5.10 Å². The van der Waals surface area contributed by atoms with E-state index in [1.807, 2.05) is 47.1 Å². The summed E-state index contributed by atoms with van der Waals surface area (Å²) in [6.07, 6.45) is 4.73. The standard InChI is InChI=1S/C24H19FN4O/c1-2-22(30)28-11-12-29-21(15-28)23(16-7-9-26-10-8-16)24(27-29)19-13-17-5-3-4-6-18(17)14-20(19)25/h2-10,13-14H,1,11-12,15H2. The van der Waals surface area contributed by atoms with E-state index in [1.54, 1.807) is 23.4 Å². The van der Waals surface area contributed by atoms with Crippen molar-refractivity contribution in [2.75, 3.05) is 6.54 Å². The SMILES string of the molecule is C=CC(=O)N1CCn2nc(-c3cc4ccccc4cc3F)c(-c3ccncc3)c2C1. The molecule has 1 amide bonds. The molecule has 1 aliphatic heterocycles. The molecule has 0 aliphatic carbocycles. The van der Waals surface area contributed by atoms with Gasteiger partial charge in [0.25, 0.3) is 0 Å². The van der Waals surface area contributed by atoms with Crippen LogP contribution in [0.5, 0.6) is 0 Å². The monoisotopic (exact) mass is 398 g/mol. The number of pyridine rings is 1. The van der Waals surface area contributed by atoms with Gasteiger partial charge in [0.05, 0.1) is 18.8 Å². The van der Waals surface area contributed by atoms with Crippen molar-refractivity contribution in [3.63, 3.8) is 0 Å². The van der Waals surface area contributed by atoms with Crippen molar-refractivity contribution in [1.82, 2.24) is 19.7 Å². The summed E-state index contributed by atoms with van der Waals surface area (Å²) in [5.74, 6) is -0.444. The highest BCUT2D eigenvalue weighted by molar-refractivity contribution is 5.91. The first-order valence-electron chi connectivity index (χ1n) is 9.76. The molecule has 0 saturated heterocycles. The maximum Gasteiger partial charge on any atom is 0.246 e. The summed E-state index contributed by atoms with van der Waals surface area (Å²) in [4.78, 5) is 18.0. The van der Waals surface area contributed by atoms with Gasteiger partial charge in [0.1, 0.15) is 11.5 Å². The van der Waals surface area contributed by atoms with Crippen molar-refractivity contribution in [3.05, 3.63) is 85.1 Å². The number of halogens is 1. The fourth-order valence-corrected chi connectivity index (χ4v) is 4.04. The van der Waals surface area contributed by atoms with Gasteiger partial charge in [0.2, 0.25) is 5.91 Å². The zero-order valence-corrected chi connectivity index (χ0v) is 16.3. The summed E-state index contributed by atoms with van der Waals surface area (Å²) in [5.41, 5.74) is 3.62. The van der Waals surface area contributed by atoms with Crippen LogP contribution in [0.1, 0.15) is 5.69 Å². The number of rotatable bonds is 3. The molecule has 0 N–H and O–H groups in total. The van der Waals surface area contributed by atoms with Gasteiger partial charge in [-0.25, -0.2) is 4.39 Å². The highest BCUT2D eigenvalue weighted by Gasteiger charge is 2.28. The minimum Gasteiger partial charge on any atom is -0.331 e. The molecule has 5 nitrogen and oxygen atoms in total. The van der Waals surface area contributed by atoms with Gasteiger partial charge in [-0.2, -0.15) is 5.10 Å². The summed E-state index contributed by atoms with van der Waals surface area (Å²) >= 11 is 0. The van der Waals surface area contributed by atoms with Crippen LogP contribution >= 0.6 is 0 Å². The molecule has 148 valence electrons. The van der Waals surface area contributed by atoms with E-state index in [-0.39, 0.29) is 11.7 Å². The fourth-order valence-electron chi connectivity index (χ4n) is 4.04. The molecular formula is C24H19FN4O. The largest absolute Gasteiger partial charge is 0.331 e. The summed E-state index contributed by atoms with van der Waals surface area (Å²) in [6, 6.07) is 14.8. The van der Waals surface area contributed by atoms with E-state index in [2.05, 4.69) is 11.6 Å². The van der Waals surface area contributed by atoms with Gasteiger partial charge < -0.3 is 4.90 Å². The first-order valence-corrected chi connectivity index (χ1v) is 9.76. The Balaban J connectivity index is 1.74. The first-order chi connectivity index (χ1) is 14.7. The van der Waals surface area contributed by atoms with E-state index in [0.717, 1.165) is 27.6 Å². The molecule has 2 aromatic carbocycles. The minimum atomic E-state index is -0.321. The zero-order valence-electron chi connectivity index (χ0n) is 16.3. The van der Waals surface area contributed by atoms with Crippen molar-refractivity contribution in [3.8, 4) is 22.4 Å². The van der Waals surface area contributed by atoms with Crippen LogP contribution in [-0.4, -0.2) is 32.1 Å². The predicted molar refractivity (Wildman–Crippen MR) is 114 cm³/mol. The number of fused-ring (bicyclic) bond motifs is 2. The Morgan fingerprint density at radius 1 is 1.07 bits per heavy atom. The second kappa shape index (κ2) is 7.22. The number of benzene rings is 2. The number of hydrogen-bond donors (Lipinski definition) is 0. The maximum atomic E-state index is 15.2. The van der Waals surface area contributed by atoms with Gasteiger partial charge in [0, 0.05) is 30.1 Å². The Labute approximate surface area is 173 Å². The summed E-state index contributed by atoms with van der Waals surface area (Å²) in [6.45, 7) is 5.07. The second-order valence-electron chi connectivity index (χ2n) is 7.27. The normalized spacial score (nSPS) is 13.3. The molecule has 0 bridgehead atoms. The van der Waals surface area contributed by atoms with Crippen LogP contribution in [0.4, 0.5) is 4.39 Å². The predicted octanol–water partition coefficient (Wildman–Crippen LogP) is 4.43. The molecule has 30 heavy (non-hydrogen) atoms. The molecular weight excluding hydrogens is 379 g/mol. The Morgan fingerprint density at radius 3 is 2.53 bits per heavy atom. The van der Waals surface area contributed by atoms with Crippen LogP contribution in [0.3, 0.4) is 0 Å². The van der Waals surface area contributed by atoms with Crippen molar-refractivity contribution in [2.45, 2.75) is 13.1 Å². The van der Waals surface area contributed by atoms with Crippen LogP contribution in [0.15, 0.2) is 73.6 Å². The van der Waals surface area contributed by atoms with E-state index in [0.29, 0.717) is 30.9 Å². The lowest BCUT2D eigenvalue weighted by atomic mass is 9.97. The van der Waals surface area contributed by atoms with Crippen molar-refractivity contribution in [2.24, 2.45) is 0 Å². The molecule has 0 unspecified atom stereocenters. The molecule has 0 fully saturated rings. The van der Waals surface area contributed by atoms with Gasteiger partial charge in [-0.1, -0.05) is 30.8 Å². The third kappa shape index (κ3) is 2.97. The summed E-state index contributed by atoms with van der Waals surface area (Å²) in [5, 5.41) is 6.57. The number of carbonyl (C=O) groups excluding carboxylic acids is 1. The van der Waals surface area contributed by atoms with Crippen LogP contribution in [0.2, 0.25) is 0 Å². The van der Waals surface area contributed by atoms with Crippen LogP contribution in [0, 0.1) is 5.82 Å². The molecule has 5 rings (SSSR count). The van der Waals surface area contributed by atoms with Gasteiger partial charge in [-0.15, -0.1) is 0 Å². The highest BCUT2D eigenvalue weighted by Crippen LogP contribution is 2.38. The van der Waals surface area contributed by atoms with Gasteiger partial charge >= 0.3 is 0 Å². The van der Waals surface area contributed by atoms with Crippen LogP contribution in [0.25, 0.3) is 33.2 Å². The van der Waals surface area contributed by atoms with Gasteiger partial charge in [-0.3, -0.25) is 14.5 Å². The summed E-state index contributed by atoms with van der Waals surface area (Å²) in [7, 11) is 0. The second-order valence-corrected chi connectivity index (χ2v) is 7.27. The molecule has 2 aromatic heterocycles. The van der Waals surface area contributed by atoms with Crippen LogP contribution in [-0.2, 0) is 17.9 Å². The molecule has 0 spiro atoms. The molecule has 4 aromatic rings. The Hall–Kier alpha value is -3.80. The van der Waals surface area contributed by atoms with Crippen molar-refractivity contribution in [1.29, 1.82) is 0 Å². The van der Waals surface area contributed by atoms with E-state index in [1.165, 1.54) is 6.08 Å². The molecule has 0 atom stereocenters. The lowest BCUT2D eigenvalue weighted by molar-refractivity contribution is -0.127. The number of hydrogen-bond acceptors (Lipinski definition) is 3. The topological polar surface area (TPSA) is 51.0 Å². The number of aromatic nitrogens is 3. The zero-order chi connectivity index (χ0) is 20.7. The lowest BCUT2D eigenvalue weighted by Crippen LogP contribution is -2.37. The van der Waals surface area contributed by atoms with Crippen molar-refractivity contribution >= 4 is 16.7 Å². The Morgan fingerprint density at radius 2 is 1.80 bits per heavy atom. The van der Waals surface area contributed by atoms with E-state index in [9.17, 15) is 4.79 Å². The van der Waals surface area contributed by atoms with Gasteiger partial charge in [-0.05, 0) is 46.7 Å². The molecule has 1 aliphatic rings. The molecule has 0 radical (unpaired) electrons. The van der Waals surface area contributed by atoms with E-state index < -0.39 is 0 Å². The number of nitrogens with zero attached hydrogens (tertiary/aromatic N) is 4. The quantitative estimate of drug-likeness (QED) is 0.480. The third-order valence-corrected chi connectivity index (χ3v) is 5.53. The molecule has 0 saturated carbocycles. The number of amides is 1. The number of carbonyl (C=O) groups is 1. The Bertz CT molecular complexity index is 1280. The molecule has 3 heterocycles. The minimum absolute atomic E-state index is 0.124. The summed E-state index contributed by atoms with van der Waals surface area (Å²) < 4.78 is 17.1. The molecule has 6 heteroatoms. The third-order valence-electron chi connectivity index (χ3n) is 5.53. The lowest BCUT2D eigenvalue weighted by Gasteiger charge is -2.27. The fraction of sp³-hybridized carbons (Fsp3) is 0.125. The average Bonchev–Trinajstić information content (AvgIpc) is 3.17. The average molecular weight is 398 g/mol. The van der Waals surface area contributed by atoms with E-state index >= 15 is 4.39 Å². The van der Waals surface area contributed by atoms with Crippen LogP contribution < -0.4 is 0 Å².